The van der Waals surface area contributed by atoms with E-state index in [-0.39, 0.29) is 5.92 Å². The van der Waals surface area contributed by atoms with Crippen LogP contribution in [0.15, 0.2) is 22.6 Å². The van der Waals surface area contributed by atoms with Gasteiger partial charge in [0, 0.05) is 5.92 Å². The Morgan fingerprint density at radius 1 is 1.38 bits per heavy atom. The molecule has 4 nitrogen and oxygen atoms in total. The highest BCUT2D eigenvalue weighted by Crippen LogP contribution is 2.39. The summed E-state index contributed by atoms with van der Waals surface area (Å²) in [6.07, 6.45) is 9.52. The van der Waals surface area contributed by atoms with Crippen molar-refractivity contribution in [1.29, 1.82) is 0 Å². The van der Waals surface area contributed by atoms with Crippen LogP contribution in [0.3, 0.4) is 0 Å². The first-order chi connectivity index (χ1) is 7.79. The highest BCUT2D eigenvalue weighted by molar-refractivity contribution is 5.36. The van der Waals surface area contributed by atoms with Crippen molar-refractivity contribution in [2.45, 2.75) is 37.6 Å². The Morgan fingerprint density at radius 2 is 2.19 bits per heavy atom. The second-order valence-corrected chi connectivity index (χ2v) is 4.17. The first-order valence-corrected chi connectivity index (χ1v) is 5.52. The Kier molecular flexibility index (Phi) is 4.84. The van der Waals surface area contributed by atoms with E-state index in [1.807, 2.05) is 0 Å². The van der Waals surface area contributed by atoms with Crippen molar-refractivity contribution in [1.82, 2.24) is 0 Å². The molecule has 0 heterocycles. The molecule has 1 aliphatic carbocycles. The number of isocyanates is 2. The van der Waals surface area contributed by atoms with Crippen LogP contribution in [0.1, 0.15) is 32.1 Å². The molecule has 0 spiro atoms. The van der Waals surface area contributed by atoms with Crippen LogP contribution in [0.4, 0.5) is 0 Å². The molecule has 0 aromatic carbocycles. The van der Waals surface area contributed by atoms with Gasteiger partial charge in [0.05, 0.1) is 12.1 Å². The van der Waals surface area contributed by atoms with Crippen LogP contribution in [0.2, 0.25) is 0 Å². The normalized spacial score (nSPS) is 28.6. The van der Waals surface area contributed by atoms with E-state index < -0.39 is 5.54 Å². The summed E-state index contributed by atoms with van der Waals surface area (Å²) in [5.74, 6) is 0.127. The Balaban J connectivity index is 2.92. The third kappa shape index (κ3) is 2.75. The molecule has 2 unspecified atom stereocenters. The molecule has 1 aliphatic rings. The Morgan fingerprint density at radius 3 is 2.81 bits per heavy atom. The fraction of sp³-hybridized carbons (Fsp3) is 0.667. The van der Waals surface area contributed by atoms with Gasteiger partial charge in [0.25, 0.3) is 0 Å². The minimum absolute atomic E-state index is 0.127. The molecule has 16 heavy (non-hydrogen) atoms. The zero-order chi connectivity index (χ0) is 11.9. The summed E-state index contributed by atoms with van der Waals surface area (Å²) < 4.78 is 0. The highest BCUT2D eigenvalue weighted by Gasteiger charge is 2.39. The molecule has 0 radical (unpaired) electrons. The van der Waals surface area contributed by atoms with Crippen molar-refractivity contribution in [3.63, 3.8) is 0 Å². The van der Waals surface area contributed by atoms with E-state index in [4.69, 9.17) is 0 Å². The average molecular weight is 220 g/mol. The van der Waals surface area contributed by atoms with Gasteiger partial charge >= 0.3 is 0 Å². The first-order valence-electron chi connectivity index (χ1n) is 5.52. The molecule has 0 aliphatic heterocycles. The van der Waals surface area contributed by atoms with Crippen LogP contribution in [0.25, 0.3) is 0 Å². The fourth-order valence-corrected chi connectivity index (χ4v) is 2.51. The second-order valence-electron chi connectivity index (χ2n) is 4.17. The molecule has 0 bridgehead atoms. The SMILES string of the molecule is C=CCC1(N=C=O)CCCCC1CN=C=O. The molecule has 0 N–H and O–H groups in total. The second kappa shape index (κ2) is 6.16. The third-order valence-electron chi connectivity index (χ3n) is 3.31. The van der Waals surface area contributed by atoms with E-state index in [1.54, 1.807) is 18.2 Å². The summed E-state index contributed by atoms with van der Waals surface area (Å²) in [6, 6.07) is 0. The highest BCUT2D eigenvalue weighted by atomic mass is 16.1. The lowest BCUT2D eigenvalue weighted by molar-refractivity contribution is 0.199. The Bertz CT molecular complexity index is 341. The van der Waals surface area contributed by atoms with Crippen molar-refractivity contribution < 1.29 is 9.59 Å². The topological polar surface area (TPSA) is 58.9 Å². The summed E-state index contributed by atoms with van der Waals surface area (Å²) in [4.78, 5) is 28.3. The van der Waals surface area contributed by atoms with Crippen LogP contribution in [0.5, 0.6) is 0 Å². The van der Waals surface area contributed by atoms with Gasteiger partial charge in [-0.1, -0.05) is 18.9 Å². The van der Waals surface area contributed by atoms with Gasteiger partial charge in [-0.15, -0.1) is 6.58 Å². The van der Waals surface area contributed by atoms with Gasteiger partial charge < -0.3 is 0 Å². The lowest BCUT2D eigenvalue weighted by atomic mass is 9.71. The molecule has 1 saturated carbocycles. The van der Waals surface area contributed by atoms with Crippen molar-refractivity contribution in [3.05, 3.63) is 12.7 Å². The molecule has 2 atom stereocenters. The van der Waals surface area contributed by atoms with E-state index in [9.17, 15) is 9.59 Å². The Hall–Kier alpha value is -1.50. The number of hydrogen-bond acceptors (Lipinski definition) is 4. The number of rotatable bonds is 5. The van der Waals surface area contributed by atoms with Crippen LogP contribution >= 0.6 is 0 Å². The molecule has 1 rings (SSSR count). The fourth-order valence-electron chi connectivity index (χ4n) is 2.51. The van der Waals surface area contributed by atoms with Crippen molar-refractivity contribution in [3.8, 4) is 0 Å². The van der Waals surface area contributed by atoms with Gasteiger partial charge in [-0.3, -0.25) is 0 Å². The minimum atomic E-state index is -0.442. The van der Waals surface area contributed by atoms with Gasteiger partial charge in [-0.2, -0.15) is 4.99 Å². The van der Waals surface area contributed by atoms with E-state index >= 15 is 0 Å². The maximum absolute atomic E-state index is 10.5. The molecule has 0 saturated heterocycles. The van der Waals surface area contributed by atoms with Crippen LogP contribution in [-0.4, -0.2) is 24.2 Å². The number of nitrogens with zero attached hydrogens (tertiary/aromatic N) is 2. The number of aliphatic imine (C=N–C) groups is 2. The van der Waals surface area contributed by atoms with Crippen molar-refractivity contribution >= 4 is 12.2 Å². The largest absolute Gasteiger partial charge is 0.235 e. The summed E-state index contributed by atoms with van der Waals surface area (Å²) in [5, 5.41) is 0. The first kappa shape index (κ1) is 12.6. The van der Waals surface area contributed by atoms with E-state index in [0.717, 1.165) is 25.7 Å². The third-order valence-corrected chi connectivity index (χ3v) is 3.31. The zero-order valence-corrected chi connectivity index (χ0v) is 9.32. The van der Waals surface area contributed by atoms with Gasteiger partial charge in [-0.05, 0) is 19.3 Å². The van der Waals surface area contributed by atoms with Gasteiger partial charge in [0.2, 0.25) is 12.2 Å². The van der Waals surface area contributed by atoms with Crippen molar-refractivity contribution in [2.24, 2.45) is 15.9 Å². The summed E-state index contributed by atoms with van der Waals surface area (Å²) in [7, 11) is 0. The molecule has 4 heteroatoms. The summed E-state index contributed by atoms with van der Waals surface area (Å²) >= 11 is 0. The molecule has 86 valence electrons. The Labute approximate surface area is 95.2 Å². The summed E-state index contributed by atoms with van der Waals surface area (Å²) in [5.41, 5.74) is -0.442. The molecule has 0 amide bonds. The smallest absolute Gasteiger partial charge is 0.211 e. The van der Waals surface area contributed by atoms with Gasteiger partial charge in [0.1, 0.15) is 0 Å². The standard InChI is InChI=1S/C12H16N2O2/c1-2-6-12(14-10-16)7-4-3-5-11(12)8-13-9-15/h2,11H,1,3-8H2. The number of carbonyl (C=O) groups excluding carboxylic acids is 2. The predicted octanol–water partition coefficient (Wildman–Crippen LogP) is 2.16. The maximum atomic E-state index is 10.5. The summed E-state index contributed by atoms with van der Waals surface area (Å²) in [6.45, 7) is 4.09. The molecular formula is C12H16N2O2. The van der Waals surface area contributed by atoms with Crippen LogP contribution < -0.4 is 0 Å². The van der Waals surface area contributed by atoms with Gasteiger partial charge in [-0.25, -0.2) is 14.6 Å². The van der Waals surface area contributed by atoms with E-state index in [0.29, 0.717) is 13.0 Å². The molecule has 0 aromatic heterocycles. The maximum Gasteiger partial charge on any atom is 0.235 e. The van der Waals surface area contributed by atoms with Crippen LogP contribution in [0, 0.1) is 5.92 Å². The lowest BCUT2D eigenvalue weighted by Crippen LogP contribution is -2.40. The zero-order valence-electron chi connectivity index (χ0n) is 9.32. The van der Waals surface area contributed by atoms with E-state index in [1.165, 1.54) is 0 Å². The van der Waals surface area contributed by atoms with Crippen molar-refractivity contribution in [2.75, 3.05) is 6.54 Å². The lowest BCUT2D eigenvalue weighted by Gasteiger charge is -2.38. The van der Waals surface area contributed by atoms with E-state index in [2.05, 4.69) is 16.6 Å². The van der Waals surface area contributed by atoms with Crippen LogP contribution in [-0.2, 0) is 9.59 Å². The predicted molar refractivity (Wildman–Crippen MR) is 60.6 cm³/mol. The molecule has 1 fully saturated rings. The van der Waals surface area contributed by atoms with Gasteiger partial charge in [0.15, 0.2) is 0 Å². The molecular weight excluding hydrogens is 204 g/mol. The average Bonchev–Trinajstić information content (AvgIpc) is 2.29. The minimum Gasteiger partial charge on any atom is -0.211 e. The monoisotopic (exact) mass is 220 g/mol. The molecule has 0 aromatic rings. The number of hydrogen-bond donors (Lipinski definition) is 0. The quantitative estimate of drug-likeness (QED) is 0.405.